The Morgan fingerprint density at radius 3 is 1.04 bits per heavy atom. The molecule has 0 aliphatic rings. The highest BCUT2D eigenvalue weighted by atomic mass is 16.3. The predicted octanol–water partition coefficient (Wildman–Crippen LogP) is 22.8. The minimum Gasteiger partial charge on any atom is -0.455 e. The average molecular weight is 1330 g/mol. The number of furan rings is 2. The molecule has 0 aliphatic heterocycles. The first-order chi connectivity index (χ1) is 51.4. The van der Waals surface area contributed by atoms with Gasteiger partial charge >= 0.3 is 0 Å². The molecule has 12 nitrogen and oxygen atoms in total. The first kappa shape index (κ1) is 60.5. The van der Waals surface area contributed by atoms with E-state index in [0.717, 1.165) is 154 Å². The summed E-state index contributed by atoms with van der Waals surface area (Å²) >= 11 is 0. The lowest BCUT2D eigenvalue weighted by atomic mass is 10.00. The Balaban J connectivity index is 0.000000143. The molecule has 0 N–H and O–H groups in total. The third-order valence-corrected chi connectivity index (χ3v) is 19.3. The Labute approximate surface area is 595 Å². The molecule has 0 fully saturated rings. The summed E-state index contributed by atoms with van der Waals surface area (Å²) in [5.74, 6) is 3.44. The lowest BCUT2D eigenvalue weighted by Crippen LogP contribution is -2.01. The Morgan fingerprint density at radius 2 is 0.567 bits per heavy atom. The number of hydrogen-bond donors (Lipinski definition) is 0. The molecule has 0 saturated carbocycles. The highest BCUT2D eigenvalue weighted by molar-refractivity contribution is 6.15. The molecule has 6 aromatic heterocycles. The topological polar surface area (TPSA) is 161 Å². The van der Waals surface area contributed by atoms with Crippen molar-refractivity contribution in [1.29, 1.82) is 10.5 Å². The lowest BCUT2D eigenvalue weighted by Gasteiger charge is -2.12. The largest absolute Gasteiger partial charge is 0.455 e. The Morgan fingerprint density at radius 1 is 0.231 bits per heavy atom. The van der Waals surface area contributed by atoms with Crippen LogP contribution >= 0.6 is 0 Å². The first-order valence-corrected chi connectivity index (χ1v) is 34.2. The van der Waals surface area contributed by atoms with Gasteiger partial charge in [-0.1, -0.05) is 231 Å². The zero-order chi connectivity index (χ0) is 69.2. The van der Waals surface area contributed by atoms with Crippen molar-refractivity contribution in [3.63, 3.8) is 0 Å². The van der Waals surface area contributed by atoms with Crippen molar-refractivity contribution in [2.24, 2.45) is 0 Å². The van der Waals surface area contributed by atoms with E-state index in [4.69, 9.17) is 38.7 Å². The minimum atomic E-state index is 0.509. The summed E-state index contributed by atoms with van der Waals surface area (Å²) in [7, 11) is 0. The van der Waals surface area contributed by atoms with Crippen LogP contribution in [0.4, 0.5) is 0 Å². The van der Waals surface area contributed by atoms with E-state index in [1.807, 2.05) is 182 Å². The van der Waals surface area contributed by atoms with E-state index in [1.54, 1.807) is 6.07 Å². The molecule has 0 aliphatic carbocycles. The average Bonchev–Trinajstić information content (AvgIpc) is 1.57. The SMILES string of the molecule is N#Cc1ccc2c(c1)c1cc(-c3cccc4c3oc3ccccc34)ccc1n2-c1cccc(-c2nc(-c3ccccc3)nc(-c3ccccc3)n2)c1.N#Cc1cccc(-c2nc(-c3ccccc3)nc(-c3cccc(-n4c5ccccc5c5cc(-c6cccc7c6oc6ccccc67)ccc54)c3)n2)c1. The molecule has 104 heavy (non-hydrogen) atoms. The van der Waals surface area contributed by atoms with Gasteiger partial charge in [0.05, 0.1) is 45.3 Å². The number of para-hydroxylation sites is 5. The van der Waals surface area contributed by atoms with E-state index in [1.165, 1.54) is 0 Å². The van der Waals surface area contributed by atoms with Crippen LogP contribution in [0.2, 0.25) is 0 Å². The molecule has 12 heteroatoms. The fraction of sp³-hybridized carbons (Fsp3) is 0. The lowest BCUT2D eigenvalue weighted by molar-refractivity contribution is 0.669. The van der Waals surface area contributed by atoms with Gasteiger partial charge in [-0.05, 0) is 108 Å². The maximum Gasteiger partial charge on any atom is 0.164 e. The second-order valence-corrected chi connectivity index (χ2v) is 25.6. The third kappa shape index (κ3) is 10.6. The van der Waals surface area contributed by atoms with Crippen LogP contribution < -0.4 is 0 Å². The third-order valence-electron chi connectivity index (χ3n) is 19.3. The van der Waals surface area contributed by atoms with Crippen molar-refractivity contribution in [3.05, 3.63) is 339 Å². The van der Waals surface area contributed by atoms with Crippen molar-refractivity contribution in [2.75, 3.05) is 0 Å². The summed E-state index contributed by atoms with van der Waals surface area (Å²) in [6.45, 7) is 0. The molecule has 6 heterocycles. The maximum atomic E-state index is 9.90. The number of fused-ring (bicyclic) bond motifs is 12. The maximum absolute atomic E-state index is 9.90. The zero-order valence-electron chi connectivity index (χ0n) is 55.5. The van der Waals surface area contributed by atoms with Crippen LogP contribution in [0, 0.1) is 22.7 Å². The van der Waals surface area contributed by atoms with Crippen molar-refractivity contribution >= 4 is 87.5 Å². The van der Waals surface area contributed by atoms with Crippen LogP contribution in [0.1, 0.15) is 11.1 Å². The predicted molar refractivity (Wildman–Crippen MR) is 416 cm³/mol. The van der Waals surface area contributed by atoms with E-state index in [-0.39, 0.29) is 0 Å². The van der Waals surface area contributed by atoms with Crippen LogP contribution in [0.15, 0.2) is 336 Å². The summed E-state index contributed by atoms with van der Waals surface area (Å²) in [6.07, 6.45) is 0. The standard InChI is InChI=1S/2C46H27N5O/c47-28-29-21-23-40-38(25-29)39-27-32(35-18-10-19-37-36-17-7-8-20-42(36)52-43(35)37)22-24-41(39)51(40)34-16-9-15-33(26-34)46-49-44(30-11-3-1-4-12-30)48-45(50-46)31-13-5-2-6-14-31;47-28-29-11-8-14-32(25-29)45-48-44(30-12-2-1-3-13-30)49-46(50-45)33-15-9-16-34(26-33)51-40-21-6-4-17-36(40)39-27-31(23-24-41(39)51)35-19-10-20-38-37-18-5-7-22-42(37)52-43(35)38/h2*1-27H. The number of hydrogen-bond acceptors (Lipinski definition) is 10. The van der Waals surface area contributed by atoms with E-state index in [2.05, 4.69) is 161 Å². The summed E-state index contributed by atoms with van der Waals surface area (Å²) < 4.78 is 17.4. The number of aromatic nitrogens is 8. The molecule has 0 unspecified atom stereocenters. The molecule has 0 radical (unpaired) electrons. The number of rotatable bonds is 10. The second kappa shape index (κ2) is 25.2. The van der Waals surface area contributed by atoms with Crippen LogP contribution in [0.25, 0.3) is 189 Å². The van der Waals surface area contributed by atoms with Gasteiger partial charge in [-0.2, -0.15) is 10.5 Å². The van der Waals surface area contributed by atoms with Gasteiger partial charge in [0.15, 0.2) is 34.9 Å². The minimum absolute atomic E-state index is 0.509. The molecule has 14 aromatic carbocycles. The Hall–Kier alpha value is -14.7. The fourth-order valence-electron chi connectivity index (χ4n) is 14.5. The van der Waals surface area contributed by atoms with Crippen LogP contribution in [0.3, 0.4) is 0 Å². The quantitative estimate of drug-likeness (QED) is 0.129. The van der Waals surface area contributed by atoms with E-state index < -0.39 is 0 Å². The first-order valence-electron chi connectivity index (χ1n) is 34.2. The van der Waals surface area contributed by atoms with Gasteiger partial charge in [0.2, 0.25) is 0 Å². The van der Waals surface area contributed by atoms with Crippen molar-refractivity contribution in [2.45, 2.75) is 0 Å². The molecule has 484 valence electrons. The fourth-order valence-corrected chi connectivity index (χ4v) is 14.5. The van der Waals surface area contributed by atoms with E-state index in [0.29, 0.717) is 46.1 Å². The van der Waals surface area contributed by atoms with Crippen LogP contribution in [-0.2, 0) is 0 Å². The smallest absolute Gasteiger partial charge is 0.164 e. The number of nitriles is 2. The Bertz CT molecular complexity index is 6840. The highest BCUT2D eigenvalue weighted by Crippen LogP contribution is 2.43. The van der Waals surface area contributed by atoms with Gasteiger partial charge in [0.1, 0.15) is 22.3 Å². The van der Waals surface area contributed by atoms with Gasteiger partial charge in [-0.25, -0.2) is 29.9 Å². The second-order valence-electron chi connectivity index (χ2n) is 25.6. The summed E-state index contributed by atoms with van der Waals surface area (Å²) in [5.41, 5.74) is 20.3. The number of benzene rings is 14. The van der Waals surface area contributed by atoms with Crippen molar-refractivity contribution < 1.29 is 8.83 Å². The zero-order valence-corrected chi connectivity index (χ0v) is 55.5. The summed E-state index contributed by atoms with van der Waals surface area (Å²) in [6, 6.07) is 115. The molecular formula is C92H54N10O2. The van der Waals surface area contributed by atoms with E-state index in [9.17, 15) is 10.5 Å². The molecule has 20 aromatic rings. The molecule has 0 amide bonds. The van der Waals surface area contributed by atoms with Gasteiger partial charge in [0.25, 0.3) is 0 Å². The monoisotopic (exact) mass is 1330 g/mol. The molecule has 0 bridgehead atoms. The van der Waals surface area contributed by atoms with Crippen LogP contribution in [0.5, 0.6) is 0 Å². The van der Waals surface area contributed by atoms with Gasteiger partial charge in [-0.15, -0.1) is 0 Å². The Kier molecular flexibility index (Phi) is 14.7. The molecular weight excluding hydrogens is 1280 g/mol. The van der Waals surface area contributed by atoms with E-state index >= 15 is 0 Å². The molecule has 0 spiro atoms. The molecule has 20 rings (SSSR count). The van der Waals surface area contributed by atoms with Gasteiger partial charge in [-0.3, -0.25) is 0 Å². The van der Waals surface area contributed by atoms with Gasteiger partial charge < -0.3 is 18.0 Å². The summed E-state index contributed by atoms with van der Waals surface area (Å²) in [4.78, 5) is 29.6. The highest BCUT2D eigenvalue weighted by Gasteiger charge is 2.22. The van der Waals surface area contributed by atoms with Gasteiger partial charge in [0, 0.05) is 99.0 Å². The van der Waals surface area contributed by atoms with Crippen molar-refractivity contribution in [1.82, 2.24) is 39.0 Å². The summed E-state index contributed by atoms with van der Waals surface area (Å²) in [5, 5.41) is 28.2. The number of nitrogens with zero attached hydrogens (tertiary/aromatic N) is 10. The molecule has 0 saturated heterocycles. The van der Waals surface area contributed by atoms with Crippen LogP contribution in [-0.4, -0.2) is 39.0 Å². The van der Waals surface area contributed by atoms with Crippen molar-refractivity contribution in [3.8, 4) is 114 Å². The molecule has 0 atom stereocenters. The normalized spacial score (nSPS) is 11.4.